The van der Waals surface area contributed by atoms with E-state index in [2.05, 4.69) is 4.90 Å². The molecule has 2 aliphatic heterocycles. The molecule has 98 valence electrons. The highest BCUT2D eigenvalue weighted by molar-refractivity contribution is 5.22. The minimum Gasteiger partial charge on any atom is -0.389 e. The van der Waals surface area contributed by atoms with Crippen LogP contribution in [0.4, 0.5) is 8.78 Å². The van der Waals surface area contributed by atoms with Gasteiger partial charge in [-0.2, -0.15) is 0 Å². The number of aliphatic hydroxyl groups is 1. The fourth-order valence-electron chi connectivity index (χ4n) is 3.27. The van der Waals surface area contributed by atoms with Gasteiger partial charge in [-0.3, -0.25) is 0 Å². The van der Waals surface area contributed by atoms with Crippen LogP contribution < -0.4 is 0 Å². The molecule has 1 N–H and O–H groups in total. The molecular formula is C14H17F2NO. The van der Waals surface area contributed by atoms with Gasteiger partial charge in [0.2, 0.25) is 0 Å². The second kappa shape index (κ2) is 4.28. The highest BCUT2D eigenvalue weighted by Crippen LogP contribution is 2.38. The molecule has 0 spiro atoms. The number of rotatable bonds is 2. The number of fused-ring (bicyclic) bond motifs is 2. The Balaban J connectivity index is 1.84. The van der Waals surface area contributed by atoms with Crippen LogP contribution in [0.1, 0.15) is 18.4 Å². The summed E-state index contributed by atoms with van der Waals surface area (Å²) in [6.45, 7) is 2.75. The van der Waals surface area contributed by atoms with Gasteiger partial charge in [0.15, 0.2) is 0 Å². The number of nitrogens with zero attached hydrogens (tertiary/aromatic N) is 1. The van der Waals surface area contributed by atoms with Crippen molar-refractivity contribution in [3.05, 3.63) is 35.4 Å². The van der Waals surface area contributed by atoms with Crippen LogP contribution in [0.5, 0.6) is 0 Å². The van der Waals surface area contributed by atoms with Gasteiger partial charge in [-0.15, -0.1) is 0 Å². The third-order valence-electron chi connectivity index (χ3n) is 4.40. The van der Waals surface area contributed by atoms with Crippen LogP contribution in [-0.2, 0) is 6.42 Å². The van der Waals surface area contributed by atoms with Crippen LogP contribution in [0.2, 0.25) is 0 Å². The van der Waals surface area contributed by atoms with E-state index >= 15 is 0 Å². The number of piperidine rings is 1. The maximum Gasteiger partial charge on any atom is 0.126 e. The predicted molar refractivity (Wildman–Crippen MR) is 64.2 cm³/mol. The Kier molecular flexibility index (Phi) is 2.87. The lowest BCUT2D eigenvalue weighted by Crippen LogP contribution is -2.48. The van der Waals surface area contributed by atoms with Crippen molar-refractivity contribution in [2.24, 2.45) is 5.92 Å². The smallest absolute Gasteiger partial charge is 0.126 e. The Morgan fingerprint density at radius 1 is 1.33 bits per heavy atom. The van der Waals surface area contributed by atoms with Crippen molar-refractivity contribution in [1.82, 2.24) is 4.90 Å². The van der Waals surface area contributed by atoms with E-state index < -0.39 is 17.2 Å². The zero-order valence-corrected chi connectivity index (χ0v) is 10.2. The lowest BCUT2D eigenvalue weighted by atomic mass is 9.78. The third-order valence-corrected chi connectivity index (χ3v) is 4.40. The molecule has 0 aliphatic carbocycles. The molecule has 2 bridgehead atoms. The summed E-state index contributed by atoms with van der Waals surface area (Å²) in [5.74, 6) is -0.682. The average molecular weight is 253 g/mol. The Morgan fingerprint density at radius 3 is 3.00 bits per heavy atom. The largest absolute Gasteiger partial charge is 0.389 e. The molecule has 3 unspecified atom stereocenters. The zero-order chi connectivity index (χ0) is 12.8. The molecule has 2 fully saturated rings. The van der Waals surface area contributed by atoms with Crippen LogP contribution in [0.3, 0.4) is 0 Å². The van der Waals surface area contributed by atoms with Gasteiger partial charge >= 0.3 is 0 Å². The molecule has 18 heavy (non-hydrogen) atoms. The molecule has 2 nitrogen and oxygen atoms in total. The number of hydrogen-bond acceptors (Lipinski definition) is 2. The Hall–Kier alpha value is -1.00. The highest BCUT2D eigenvalue weighted by atomic mass is 19.1. The average Bonchev–Trinajstić information content (AvgIpc) is 2.75. The van der Waals surface area contributed by atoms with Crippen LogP contribution in [0.25, 0.3) is 0 Å². The van der Waals surface area contributed by atoms with Crippen molar-refractivity contribution in [3.63, 3.8) is 0 Å². The van der Waals surface area contributed by atoms with Crippen LogP contribution in [0, 0.1) is 17.6 Å². The summed E-state index contributed by atoms with van der Waals surface area (Å²) in [4.78, 5) is 2.32. The first-order valence-electron chi connectivity index (χ1n) is 6.45. The summed E-state index contributed by atoms with van der Waals surface area (Å²) in [7, 11) is 0. The zero-order valence-electron chi connectivity index (χ0n) is 10.2. The summed E-state index contributed by atoms with van der Waals surface area (Å²) >= 11 is 0. The standard InChI is InChI=1S/C14H17F2NO/c15-12-1-2-13(16)10(7-12)8-14(18)4-6-17-5-3-11(14)9-17/h1-2,7,11,18H,3-6,8-9H2. The molecule has 1 aromatic carbocycles. The Bertz CT molecular complexity index is 465. The fraction of sp³-hybridized carbons (Fsp3) is 0.571. The molecule has 0 aromatic heterocycles. The number of benzene rings is 1. The summed E-state index contributed by atoms with van der Waals surface area (Å²) < 4.78 is 26.8. The van der Waals surface area contributed by atoms with Gasteiger partial charge < -0.3 is 10.0 Å². The first kappa shape index (κ1) is 12.1. The van der Waals surface area contributed by atoms with Gasteiger partial charge in [-0.05, 0) is 43.1 Å². The minimum atomic E-state index is -0.873. The van der Waals surface area contributed by atoms with E-state index in [1.54, 1.807) is 0 Å². The van der Waals surface area contributed by atoms with E-state index in [-0.39, 0.29) is 17.9 Å². The molecule has 2 heterocycles. The number of halogens is 2. The third kappa shape index (κ3) is 2.04. The van der Waals surface area contributed by atoms with E-state index in [4.69, 9.17) is 0 Å². The lowest BCUT2D eigenvalue weighted by molar-refractivity contribution is -0.0444. The van der Waals surface area contributed by atoms with Crippen LogP contribution in [-0.4, -0.2) is 35.2 Å². The van der Waals surface area contributed by atoms with Crippen molar-refractivity contribution in [3.8, 4) is 0 Å². The van der Waals surface area contributed by atoms with Crippen molar-refractivity contribution in [2.75, 3.05) is 19.6 Å². The maximum absolute atomic E-state index is 13.6. The normalized spacial score (nSPS) is 34.8. The van der Waals surface area contributed by atoms with E-state index in [9.17, 15) is 13.9 Å². The molecule has 0 amide bonds. The second-order valence-corrected chi connectivity index (χ2v) is 5.55. The van der Waals surface area contributed by atoms with E-state index in [1.807, 2.05) is 0 Å². The van der Waals surface area contributed by atoms with E-state index in [0.29, 0.717) is 6.42 Å². The summed E-state index contributed by atoms with van der Waals surface area (Å²) in [5, 5.41) is 10.7. The molecule has 2 aliphatic rings. The molecule has 1 aromatic rings. The predicted octanol–water partition coefficient (Wildman–Crippen LogP) is 1.96. The topological polar surface area (TPSA) is 23.5 Å². The maximum atomic E-state index is 13.6. The molecule has 0 saturated carbocycles. The Morgan fingerprint density at radius 2 is 2.17 bits per heavy atom. The molecule has 2 saturated heterocycles. The monoisotopic (exact) mass is 253 g/mol. The van der Waals surface area contributed by atoms with Gasteiger partial charge in [-0.1, -0.05) is 0 Å². The lowest BCUT2D eigenvalue weighted by Gasteiger charge is -2.39. The van der Waals surface area contributed by atoms with Gasteiger partial charge in [0.1, 0.15) is 11.6 Å². The van der Waals surface area contributed by atoms with Crippen molar-refractivity contribution < 1.29 is 13.9 Å². The van der Waals surface area contributed by atoms with Crippen molar-refractivity contribution >= 4 is 0 Å². The van der Waals surface area contributed by atoms with Crippen molar-refractivity contribution in [1.29, 1.82) is 0 Å². The number of hydrogen-bond donors (Lipinski definition) is 1. The van der Waals surface area contributed by atoms with Gasteiger partial charge in [0, 0.05) is 25.4 Å². The van der Waals surface area contributed by atoms with Crippen LogP contribution in [0.15, 0.2) is 18.2 Å². The quantitative estimate of drug-likeness (QED) is 0.871. The minimum absolute atomic E-state index is 0.189. The molecular weight excluding hydrogens is 236 g/mol. The summed E-state index contributed by atoms with van der Waals surface area (Å²) in [6.07, 6.45) is 1.82. The highest BCUT2D eigenvalue weighted by Gasteiger charge is 2.45. The van der Waals surface area contributed by atoms with Crippen LogP contribution >= 0.6 is 0 Å². The summed E-state index contributed by atoms with van der Waals surface area (Å²) in [5.41, 5.74) is -0.584. The molecule has 3 atom stereocenters. The SMILES string of the molecule is OC1(Cc2cc(F)ccc2F)CCN2CCC1C2. The van der Waals surface area contributed by atoms with Gasteiger partial charge in [-0.25, -0.2) is 8.78 Å². The molecule has 0 radical (unpaired) electrons. The molecule has 4 heteroatoms. The van der Waals surface area contributed by atoms with E-state index in [1.165, 1.54) is 6.07 Å². The van der Waals surface area contributed by atoms with Gasteiger partial charge in [0.05, 0.1) is 5.60 Å². The van der Waals surface area contributed by atoms with Crippen molar-refractivity contribution in [2.45, 2.75) is 24.9 Å². The first-order valence-corrected chi connectivity index (χ1v) is 6.45. The summed E-state index contributed by atoms with van der Waals surface area (Å²) in [6, 6.07) is 3.45. The first-order chi connectivity index (χ1) is 8.57. The Labute approximate surface area is 105 Å². The fourth-order valence-corrected chi connectivity index (χ4v) is 3.27. The second-order valence-electron chi connectivity index (χ2n) is 5.55. The van der Waals surface area contributed by atoms with Gasteiger partial charge in [0.25, 0.3) is 0 Å². The van der Waals surface area contributed by atoms with E-state index in [0.717, 1.165) is 38.2 Å². The molecule has 3 rings (SSSR count).